The second kappa shape index (κ2) is 3.51. The molecule has 2 heteroatoms. The third-order valence-corrected chi connectivity index (χ3v) is 3.73. The first kappa shape index (κ1) is 10.5. The van der Waals surface area contributed by atoms with E-state index in [4.69, 9.17) is 0 Å². The van der Waals surface area contributed by atoms with Gasteiger partial charge in [0.2, 0.25) is 0 Å². The Labute approximate surface area is 92.4 Å². The Morgan fingerprint density at radius 2 is 2.20 bits per heavy atom. The molecule has 0 aromatic carbocycles. The largest absolute Gasteiger partial charge is 0.373 e. The average Bonchev–Trinajstić information content (AvgIpc) is 2.42. The molecule has 0 aliphatic carbocycles. The van der Waals surface area contributed by atoms with Crippen LogP contribution in [0, 0.1) is 11.3 Å². The van der Waals surface area contributed by atoms with Gasteiger partial charge in [0.1, 0.15) is 0 Å². The van der Waals surface area contributed by atoms with E-state index in [-0.39, 0.29) is 5.41 Å². The van der Waals surface area contributed by atoms with Gasteiger partial charge in [-0.25, -0.2) is 0 Å². The molecule has 1 unspecified atom stereocenters. The maximum Gasteiger partial charge on any atom is 0.0650 e. The van der Waals surface area contributed by atoms with Crippen LogP contribution in [0.1, 0.15) is 27.2 Å². The molecule has 2 nitrogen and oxygen atoms in total. The van der Waals surface area contributed by atoms with Crippen LogP contribution in [0.3, 0.4) is 0 Å². The van der Waals surface area contributed by atoms with Gasteiger partial charge in [-0.1, -0.05) is 26.8 Å². The van der Waals surface area contributed by atoms with Gasteiger partial charge in [-0.05, 0) is 12.0 Å². The van der Waals surface area contributed by atoms with Crippen LogP contribution in [0.15, 0.2) is 28.5 Å². The lowest BCUT2D eigenvalue weighted by atomic mass is 9.80. The fourth-order valence-corrected chi connectivity index (χ4v) is 1.96. The summed E-state index contributed by atoms with van der Waals surface area (Å²) in [6, 6.07) is 0. The lowest BCUT2D eigenvalue weighted by molar-refractivity contribution is 0.420. The minimum absolute atomic E-state index is 0.102. The molecule has 0 fully saturated rings. The summed E-state index contributed by atoms with van der Waals surface area (Å²) in [6.07, 6.45) is 7.75. The summed E-state index contributed by atoms with van der Waals surface area (Å²) in [5.74, 6) is 0.586. The van der Waals surface area contributed by atoms with Crippen molar-refractivity contribution in [2.24, 2.45) is 16.3 Å². The predicted octanol–water partition coefficient (Wildman–Crippen LogP) is 2.84. The molecule has 15 heavy (non-hydrogen) atoms. The van der Waals surface area contributed by atoms with Crippen molar-refractivity contribution in [2.75, 3.05) is 13.6 Å². The Morgan fingerprint density at radius 1 is 1.47 bits per heavy atom. The van der Waals surface area contributed by atoms with Crippen molar-refractivity contribution in [3.63, 3.8) is 0 Å². The van der Waals surface area contributed by atoms with Gasteiger partial charge in [-0.2, -0.15) is 0 Å². The Morgan fingerprint density at radius 3 is 2.87 bits per heavy atom. The first-order chi connectivity index (χ1) is 7.03. The van der Waals surface area contributed by atoms with Crippen molar-refractivity contribution in [1.82, 2.24) is 4.90 Å². The van der Waals surface area contributed by atoms with E-state index in [1.165, 1.54) is 11.4 Å². The Kier molecular flexibility index (Phi) is 2.45. The predicted molar refractivity (Wildman–Crippen MR) is 64.9 cm³/mol. The highest BCUT2D eigenvalue weighted by atomic mass is 15.1. The molecule has 2 aliphatic rings. The number of likely N-dealkylation sites (N-methyl/N-ethyl adjacent to an activating group) is 1. The SMILES string of the molecule is CC(C)C1(C)C=CC2=C(CCN2C)N=C1. The summed E-state index contributed by atoms with van der Waals surface area (Å²) in [6.45, 7) is 7.84. The van der Waals surface area contributed by atoms with E-state index >= 15 is 0 Å². The molecule has 0 N–H and O–H groups in total. The smallest absolute Gasteiger partial charge is 0.0650 e. The molecule has 0 bridgehead atoms. The van der Waals surface area contributed by atoms with Crippen LogP contribution >= 0.6 is 0 Å². The summed E-state index contributed by atoms with van der Waals surface area (Å²) < 4.78 is 0. The third kappa shape index (κ3) is 1.73. The second-order valence-electron chi connectivity index (χ2n) is 5.12. The fourth-order valence-electron chi connectivity index (χ4n) is 1.96. The van der Waals surface area contributed by atoms with Crippen LogP contribution in [0.25, 0.3) is 0 Å². The van der Waals surface area contributed by atoms with Crippen molar-refractivity contribution in [3.8, 4) is 0 Å². The summed E-state index contributed by atoms with van der Waals surface area (Å²) in [5.41, 5.74) is 2.65. The number of nitrogens with zero attached hydrogens (tertiary/aromatic N) is 2. The first-order valence-electron chi connectivity index (χ1n) is 5.72. The van der Waals surface area contributed by atoms with Gasteiger partial charge in [-0.3, -0.25) is 4.99 Å². The van der Waals surface area contributed by atoms with E-state index in [2.05, 4.69) is 56.1 Å². The summed E-state index contributed by atoms with van der Waals surface area (Å²) in [4.78, 5) is 6.95. The highest BCUT2D eigenvalue weighted by Gasteiger charge is 2.27. The van der Waals surface area contributed by atoms with E-state index < -0.39 is 0 Å². The van der Waals surface area contributed by atoms with E-state index in [1.54, 1.807) is 0 Å². The zero-order valence-corrected chi connectivity index (χ0v) is 10.1. The van der Waals surface area contributed by atoms with Crippen LogP contribution in [0.4, 0.5) is 0 Å². The fraction of sp³-hybridized carbons (Fsp3) is 0.615. The summed E-state index contributed by atoms with van der Waals surface area (Å²) in [7, 11) is 2.14. The Bertz CT molecular complexity index is 350. The number of hydrogen-bond donors (Lipinski definition) is 0. The maximum atomic E-state index is 4.66. The van der Waals surface area contributed by atoms with E-state index in [9.17, 15) is 0 Å². The number of rotatable bonds is 1. The lowest BCUT2D eigenvalue weighted by Gasteiger charge is -2.25. The molecular formula is C13H20N2. The number of hydrogen-bond acceptors (Lipinski definition) is 2. The quantitative estimate of drug-likeness (QED) is 0.641. The lowest BCUT2D eigenvalue weighted by Crippen LogP contribution is -2.22. The van der Waals surface area contributed by atoms with Gasteiger partial charge in [0, 0.05) is 31.6 Å². The first-order valence-corrected chi connectivity index (χ1v) is 5.72. The molecule has 2 heterocycles. The summed E-state index contributed by atoms with van der Waals surface area (Å²) in [5, 5.41) is 0. The van der Waals surface area contributed by atoms with Crippen LogP contribution in [0.5, 0.6) is 0 Å². The molecule has 0 radical (unpaired) electrons. The molecule has 0 amide bonds. The van der Waals surface area contributed by atoms with E-state index in [0.717, 1.165) is 13.0 Å². The average molecular weight is 204 g/mol. The topological polar surface area (TPSA) is 15.6 Å². The second-order valence-corrected chi connectivity index (χ2v) is 5.12. The summed E-state index contributed by atoms with van der Waals surface area (Å²) >= 11 is 0. The van der Waals surface area contributed by atoms with Gasteiger partial charge in [0.15, 0.2) is 0 Å². The van der Waals surface area contributed by atoms with Crippen LogP contribution in [0.2, 0.25) is 0 Å². The molecule has 0 saturated carbocycles. The van der Waals surface area contributed by atoms with Gasteiger partial charge in [0.25, 0.3) is 0 Å². The Balaban J connectivity index is 2.33. The van der Waals surface area contributed by atoms with Gasteiger partial charge < -0.3 is 4.90 Å². The minimum atomic E-state index is 0.102. The van der Waals surface area contributed by atoms with Gasteiger partial charge in [0.05, 0.1) is 11.4 Å². The molecule has 0 aromatic rings. The molecule has 2 rings (SSSR count). The maximum absolute atomic E-state index is 4.66. The van der Waals surface area contributed by atoms with Crippen LogP contribution in [-0.4, -0.2) is 24.7 Å². The van der Waals surface area contributed by atoms with Crippen molar-refractivity contribution >= 4 is 6.21 Å². The van der Waals surface area contributed by atoms with Crippen molar-refractivity contribution in [2.45, 2.75) is 27.2 Å². The molecule has 1 atom stereocenters. The zero-order valence-electron chi connectivity index (χ0n) is 10.1. The van der Waals surface area contributed by atoms with Crippen molar-refractivity contribution in [1.29, 1.82) is 0 Å². The van der Waals surface area contributed by atoms with Crippen molar-refractivity contribution in [3.05, 3.63) is 23.5 Å². The molecule has 0 spiro atoms. The normalized spacial score (nSPS) is 30.1. The van der Waals surface area contributed by atoms with E-state index in [0.29, 0.717) is 5.92 Å². The molecular weight excluding hydrogens is 184 g/mol. The molecule has 0 aromatic heterocycles. The Hall–Kier alpha value is -1.05. The van der Waals surface area contributed by atoms with E-state index in [1.807, 2.05) is 0 Å². The monoisotopic (exact) mass is 204 g/mol. The molecule has 82 valence electrons. The minimum Gasteiger partial charge on any atom is -0.373 e. The molecule has 0 saturated heterocycles. The van der Waals surface area contributed by atoms with Gasteiger partial charge >= 0.3 is 0 Å². The number of aliphatic imine (C=N–C) groups is 1. The zero-order chi connectivity index (χ0) is 11.1. The standard InChI is InChI=1S/C13H20N2/c1-10(2)13(3)7-5-12-11(14-9-13)6-8-15(12)4/h5,7,9-10H,6,8H2,1-4H3. The van der Waals surface area contributed by atoms with Crippen molar-refractivity contribution < 1.29 is 0 Å². The highest BCUT2D eigenvalue weighted by Crippen LogP contribution is 2.33. The highest BCUT2D eigenvalue weighted by molar-refractivity contribution is 5.71. The van der Waals surface area contributed by atoms with Gasteiger partial charge in [-0.15, -0.1) is 0 Å². The third-order valence-electron chi connectivity index (χ3n) is 3.73. The van der Waals surface area contributed by atoms with Crippen LogP contribution in [-0.2, 0) is 0 Å². The van der Waals surface area contributed by atoms with Crippen LogP contribution < -0.4 is 0 Å². The molecule has 2 aliphatic heterocycles. The number of allylic oxidation sites excluding steroid dienone is 2.